The summed E-state index contributed by atoms with van der Waals surface area (Å²) >= 11 is 0. The van der Waals surface area contributed by atoms with Crippen LogP contribution in [0.25, 0.3) is 10.9 Å². The van der Waals surface area contributed by atoms with E-state index in [-0.39, 0.29) is 29.1 Å². The number of aliphatic hydroxyl groups excluding tert-OH is 1. The maximum Gasteiger partial charge on any atom is 0.416 e. The molecule has 1 saturated heterocycles. The Morgan fingerprint density at radius 1 is 1.17 bits per heavy atom. The molecule has 192 valence electrons. The van der Waals surface area contributed by atoms with Crippen LogP contribution in [0.1, 0.15) is 52.0 Å². The topological polar surface area (TPSA) is 90.4 Å². The number of hydrogen-bond acceptors (Lipinski definition) is 6. The Morgan fingerprint density at radius 2 is 1.94 bits per heavy atom. The van der Waals surface area contributed by atoms with E-state index < -0.39 is 23.9 Å². The molecule has 5 atom stereocenters. The van der Waals surface area contributed by atoms with Crippen molar-refractivity contribution in [2.75, 3.05) is 18.4 Å². The summed E-state index contributed by atoms with van der Waals surface area (Å²) in [6.07, 6.45) is -0.705. The van der Waals surface area contributed by atoms with Gasteiger partial charge in [-0.05, 0) is 63.3 Å². The largest absolute Gasteiger partial charge is 0.416 e. The number of carbonyl (C=O) groups is 1. The van der Waals surface area contributed by atoms with Crippen molar-refractivity contribution in [1.82, 2.24) is 20.2 Å². The first kappa shape index (κ1) is 25.6. The minimum atomic E-state index is -4.49. The predicted molar refractivity (Wildman–Crippen MR) is 128 cm³/mol. The number of aromatic nitrogens is 2. The van der Waals surface area contributed by atoms with Crippen LogP contribution in [-0.2, 0) is 11.0 Å². The van der Waals surface area contributed by atoms with Gasteiger partial charge in [0.2, 0.25) is 5.91 Å². The highest BCUT2D eigenvalue weighted by atomic mass is 19.4. The van der Waals surface area contributed by atoms with E-state index >= 15 is 0 Å². The standard InChI is InChI=1S/C25H34F3N5O2/c1-14(2)12-29-17-5-7-22(18(11-17)15(3)34)33-9-8-21(24(33)35)32-23-19-10-16(25(26,27)28)4-6-20(19)30-13-31-23/h4,6,10,13-15,17-18,21-22,29,34H,5,7-9,11-12H2,1-3H3,(H,30,31,32)/t15?,17-,18+,21?,22+/m1/s1. The van der Waals surface area contributed by atoms with Crippen molar-refractivity contribution >= 4 is 22.6 Å². The number of fused-ring (bicyclic) bond motifs is 1. The first-order valence-corrected chi connectivity index (χ1v) is 12.3. The molecule has 0 bridgehead atoms. The zero-order valence-corrected chi connectivity index (χ0v) is 20.3. The average Bonchev–Trinajstić information content (AvgIpc) is 3.16. The molecule has 2 aromatic rings. The molecule has 0 spiro atoms. The molecule has 1 amide bonds. The van der Waals surface area contributed by atoms with Crippen molar-refractivity contribution in [3.05, 3.63) is 30.1 Å². The first-order chi connectivity index (χ1) is 16.5. The highest BCUT2D eigenvalue weighted by molar-refractivity contribution is 5.93. The van der Waals surface area contributed by atoms with E-state index in [0.717, 1.165) is 37.9 Å². The van der Waals surface area contributed by atoms with Crippen LogP contribution in [0, 0.1) is 11.8 Å². The average molecular weight is 494 g/mol. The number of anilines is 1. The van der Waals surface area contributed by atoms with Crippen LogP contribution in [0.4, 0.5) is 19.0 Å². The number of carbonyl (C=O) groups excluding carboxylic acids is 1. The van der Waals surface area contributed by atoms with Crippen molar-refractivity contribution in [2.45, 2.75) is 76.9 Å². The lowest BCUT2D eigenvalue weighted by molar-refractivity contribution is -0.137. The summed E-state index contributed by atoms with van der Waals surface area (Å²) in [6.45, 7) is 7.55. The lowest BCUT2D eigenvalue weighted by atomic mass is 9.78. The number of likely N-dealkylation sites (tertiary alicyclic amines) is 1. The molecule has 1 aliphatic heterocycles. The first-order valence-electron chi connectivity index (χ1n) is 12.3. The van der Waals surface area contributed by atoms with Gasteiger partial charge in [-0.1, -0.05) is 13.8 Å². The summed E-state index contributed by atoms with van der Waals surface area (Å²) in [7, 11) is 0. The van der Waals surface area contributed by atoms with E-state index in [0.29, 0.717) is 30.4 Å². The van der Waals surface area contributed by atoms with Crippen molar-refractivity contribution in [1.29, 1.82) is 0 Å². The molecule has 1 aromatic heterocycles. The Morgan fingerprint density at radius 3 is 2.63 bits per heavy atom. The van der Waals surface area contributed by atoms with E-state index in [4.69, 9.17) is 0 Å². The fourth-order valence-electron chi connectivity index (χ4n) is 5.36. The summed E-state index contributed by atoms with van der Waals surface area (Å²) < 4.78 is 39.7. The zero-order chi connectivity index (χ0) is 25.3. The van der Waals surface area contributed by atoms with Gasteiger partial charge >= 0.3 is 6.18 Å². The summed E-state index contributed by atoms with van der Waals surface area (Å²) in [4.78, 5) is 23.4. The molecule has 1 aliphatic carbocycles. The second-order valence-corrected chi connectivity index (χ2v) is 10.3. The normalized spacial score (nSPS) is 26.5. The van der Waals surface area contributed by atoms with Crippen molar-refractivity contribution < 1.29 is 23.1 Å². The van der Waals surface area contributed by atoms with E-state index in [2.05, 4.69) is 34.4 Å². The molecule has 35 heavy (non-hydrogen) atoms. The lowest BCUT2D eigenvalue weighted by Crippen LogP contribution is -2.52. The van der Waals surface area contributed by atoms with Crippen LogP contribution >= 0.6 is 0 Å². The maximum atomic E-state index is 13.4. The Kier molecular flexibility index (Phi) is 7.51. The van der Waals surface area contributed by atoms with Gasteiger partial charge in [0.15, 0.2) is 0 Å². The third-order valence-electron chi connectivity index (χ3n) is 7.21. The Balaban J connectivity index is 1.48. The maximum absolute atomic E-state index is 13.4. The number of amides is 1. The van der Waals surface area contributed by atoms with Crippen molar-refractivity contribution in [3.63, 3.8) is 0 Å². The minimum Gasteiger partial charge on any atom is -0.393 e. The second kappa shape index (κ2) is 10.3. The number of nitrogens with zero attached hydrogens (tertiary/aromatic N) is 3. The van der Waals surface area contributed by atoms with Gasteiger partial charge in [0.25, 0.3) is 0 Å². The molecule has 2 aliphatic rings. The summed E-state index contributed by atoms with van der Waals surface area (Å²) in [5, 5.41) is 17.4. The minimum absolute atomic E-state index is 0.0367. The number of hydrogen-bond donors (Lipinski definition) is 3. The van der Waals surface area contributed by atoms with Gasteiger partial charge in [-0.2, -0.15) is 13.2 Å². The third-order valence-corrected chi connectivity index (χ3v) is 7.21. The molecule has 10 heteroatoms. The molecule has 1 saturated carbocycles. The fourth-order valence-corrected chi connectivity index (χ4v) is 5.36. The van der Waals surface area contributed by atoms with Gasteiger partial charge < -0.3 is 20.6 Å². The van der Waals surface area contributed by atoms with Crippen LogP contribution in [0.3, 0.4) is 0 Å². The highest BCUT2D eigenvalue weighted by Crippen LogP contribution is 2.36. The quantitative estimate of drug-likeness (QED) is 0.543. The number of benzene rings is 1. The van der Waals surface area contributed by atoms with E-state index in [9.17, 15) is 23.1 Å². The molecule has 4 rings (SSSR count). The predicted octanol–water partition coefficient (Wildman–Crippen LogP) is 3.83. The second-order valence-electron chi connectivity index (χ2n) is 10.3. The third kappa shape index (κ3) is 5.69. The Labute approximate surface area is 203 Å². The molecule has 7 nitrogen and oxygen atoms in total. The van der Waals surface area contributed by atoms with Crippen molar-refractivity contribution in [3.8, 4) is 0 Å². The summed E-state index contributed by atoms with van der Waals surface area (Å²) in [5.41, 5.74) is -0.413. The van der Waals surface area contributed by atoms with E-state index in [1.807, 2.05) is 4.90 Å². The number of halogens is 3. The van der Waals surface area contributed by atoms with Gasteiger partial charge in [-0.25, -0.2) is 9.97 Å². The van der Waals surface area contributed by atoms with Crippen LogP contribution in [0.5, 0.6) is 0 Å². The van der Waals surface area contributed by atoms with Gasteiger partial charge in [0, 0.05) is 29.9 Å². The van der Waals surface area contributed by atoms with Crippen LogP contribution < -0.4 is 10.6 Å². The molecule has 2 heterocycles. The molecule has 2 fully saturated rings. The Hall–Kier alpha value is -2.46. The molecule has 0 radical (unpaired) electrons. The van der Waals surface area contributed by atoms with E-state index in [1.165, 1.54) is 12.4 Å². The molecule has 2 unspecified atom stereocenters. The van der Waals surface area contributed by atoms with Gasteiger partial charge in [0.1, 0.15) is 18.2 Å². The fraction of sp³-hybridized carbons (Fsp3) is 0.640. The smallest absolute Gasteiger partial charge is 0.393 e. The van der Waals surface area contributed by atoms with Gasteiger partial charge in [-0.3, -0.25) is 4.79 Å². The summed E-state index contributed by atoms with van der Waals surface area (Å²) in [6, 6.07) is 2.98. The van der Waals surface area contributed by atoms with Crippen LogP contribution in [-0.4, -0.2) is 63.2 Å². The lowest BCUT2D eigenvalue weighted by Gasteiger charge is -2.42. The molecule has 1 aromatic carbocycles. The summed E-state index contributed by atoms with van der Waals surface area (Å²) in [5.74, 6) is 0.614. The zero-order valence-electron chi connectivity index (χ0n) is 20.3. The monoisotopic (exact) mass is 493 g/mol. The van der Waals surface area contributed by atoms with Gasteiger partial charge in [-0.15, -0.1) is 0 Å². The number of nitrogens with one attached hydrogen (secondary N) is 2. The molecular weight excluding hydrogens is 459 g/mol. The number of rotatable bonds is 7. The van der Waals surface area contributed by atoms with E-state index in [1.54, 1.807) is 6.92 Å². The van der Waals surface area contributed by atoms with Gasteiger partial charge in [0.05, 0.1) is 17.2 Å². The Bertz CT molecular complexity index is 1050. The van der Waals surface area contributed by atoms with Crippen molar-refractivity contribution in [2.24, 2.45) is 11.8 Å². The number of aliphatic hydroxyl groups is 1. The number of alkyl halides is 3. The van der Waals surface area contributed by atoms with Crippen LogP contribution in [0.2, 0.25) is 0 Å². The van der Waals surface area contributed by atoms with Crippen LogP contribution in [0.15, 0.2) is 24.5 Å². The SMILES string of the molecule is CC(C)CN[C@@H]1CC[C@H](N2CCC(Nc3ncnc4ccc(C(F)(F)F)cc34)C2=O)[C@H](C(C)O)C1. The molecule has 3 N–H and O–H groups in total. The highest BCUT2D eigenvalue weighted by Gasteiger charge is 2.43. The molecular formula is C25H34F3N5O2.